The molecular formula is C12H21NO4S. The number of carbonyl (C=O) groups excluding carboxylic acids is 2. The third-order valence-electron chi connectivity index (χ3n) is 3.13. The third kappa shape index (κ3) is 4.49. The van der Waals surface area contributed by atoms with Crippen molar-refractivity contribution in [2.75, 3.05) is 32.6 Å². The van der Waals surface area contributed by atoms with Crippen LogP contribution in [-0.4, -0.2) is 59.7 Å². The molecule has 0 aromatic rings. The number of ether oxygens (including phenoxy) is 1. The molecule has 0 bridgehead atoms. The van der Waals surface area contributed by atoms with E-state index in [1.165, 1.54) is 18.9 Å². The van der Waals surface area contributed by atoms with Crippen LogP contribution in [0.25, 0.3) is 0 Å². The van der Waals surface area contributed by atoms with Crippen molar-refractivity contribution in [3.05, 3.63) is 0 Å². The molecule has 104 valence electrons. The molecule has 1 aliphatic rings. The number of hydrogen-bond donors (Lipinski definition) is 1. The average molecular weight is 275 g/mol. The molecule has 0 saturated carbocycles. The number of likely N-dealkylation sites (tertiary alicyclic amines) is 1. The van der Waals surface area contributed by atoms with E-state index in [2.05, 4.69) is 0 Å². The summed E-state index contributed by atoms with van der Waals surface area (Å²) < 4.78 is 4.70. The van der Waals surface area contributed by atoms with Crippen LogP contribution in [0.1, 0.15) is 19.8 Å². The van der Waals surface area contributed by atoms with Crippen LogP contribution in [0.3, 0.4) is 0 Å². The Kier molecular flexibility index (Phi) is 6.49. The van der Waals surface area contributed by atoms with Crippen molar-refractivity contribution >= 4 is 23.6 Å². The van der Waals surface area contributed by atoms with Crippen molar-refractivity contribution in [2.24, 2.45) is 5.92 Å². The Morgan fingerprint density at radius 1 is 1.44 bits per heavy atom. The van der Waals surface area contributed by atoms with E-state index in [0.717, 1.165) is 0 Å². The number of rotatable bonds is 5. The molecule has 1 rings (SSSR count). The normalized spacial score (nSPS) is 18.5. The largest absolute Gasteiger partial charge is 0.469 e. The fraction of sp³-hybridized carbons (Fsp3) is 0.833. The number of aliphatic hydroxyl groups is 1. The lowest BCUT2D eigenvalue weighted by Crippen LogP contribution is -2.41. The first kappa shape index (κ1) is 15.3. The van der Waals surface area contributed by atoms with Gasteiger partial charge in [-0.05, 0) is 12.8 Å². The third-order valence-corrected chi connectivity index (χ3v) is 4.26. The van der Waals surface area contributed by atoms with Crippen molar-refractivity contribution in [3.63, 3.8) is 0 Å². The summed E-state index contributed by atoms with van der Waals surface area (Å²) in [5.41, 5.74) is 0. The van der Waals surface area contributed by atoms with Gasteiger partial charge in [-0.25, -0.2) is 0 Å². The minimum atomic E-state index is -0.176. The second-order valence-electron chi connectivity index (χ2n) is 4.48. The molecule has 1 aliphatic heterocycles. The average Bonchev–Trinajstić information content (AvgIpc) is 2.43. The first-order valence-corrected chi connectivity index (χ1v) is 7.21. The van der Waals surface area contributed by atoms with Crippen LogP contribution in [0.5, 0.6) is 0 Å². The molecule has 0 aliphatic carbocycles. The number of amides is 1. The lowest BCUT2D eigenvalue weighted by Gasteiger charge is -2.30. The molecule has 18 heavy (non-hydrogen) atoms. The van der Waals surface area contributed by atoms with E-state index in [9.17, 15) is 9.59 Å². The molecule has 1 amide bonds. The van der Waals surface area contributed by atoms with Gasteiger partial charge in [-0.2, -0.15) is 0 Å². The summed E-state index contributed by atoms with van der Waals surface area (Å²) in [7, 11) is 1.40. The standard InChI is InChI=1S/C12H21NO4S/c1-9(7-14)18-8-11(15)13-5-3-10(4-6-13)12(16)17-2/h9-10,14H,3-8H2,1-2H3. The number of piperidine rings is 1. The Bertz CT molecular complexity index is 290. The highest BCUT2D eigenvalue weighted by Gasteiger charge is 2.27. The molecule has 0 radical (unpaired) electrons. The fourth-order valence-corrected chi connectivity index (χ4v) is 2.60. The number of nitrogens with zero attached hydrogens (tertiary/aromatic N) is 1. The maximum atomic E-state index is 11.9. The number of methoxy groups -OCH3 is 1. The Balaban J connectivity index is 2.29. The van der Waals surface area contributed by atoms with E-state index in [0.29, 0.717) is 31.7 Å². The monoisotopic (exact) mass is 275 g/mol. The predicted molar refractivity (Wildman–Crippen MR) is 70.3 cm³/mol. The van der Waals surface area contributed by atoms with E-state index in [1.807, 2.05) is 6.92 Å². The van der Waals surface area contributed by atoms with E-state index in [4.69, 9.17) is 9.84 Å². The van der Waals surface area contributed by atoms with Crippen LogP contribution in [0.15, 0.2) is 0 Å². The van der Waals surface area contributed by atoms with Gasteiger partial charge >= 0.3 is 5.97 Å². The minimum Gasteiger partial charge on any atom is -0.469 e. The van der Waals surface area contributed by atoms with Gasteiger partial charge in [-0.15, -0.1) is 11.8 Å². The van der Waals surface area contributed by atoms with Gasteiger partial charge in [-0.3, -0.25) is 9.59 Å². The fourth-order valence-electron chi connectivity index (χ4n) is 1.89. The number of aliphatic hydroxyl groups excluding tert-OH is 1. The van der Waals surface area contributed by atoms with Gasteiger partial charge in [0.25, 0.3) is 0 Å². The summed E-state index contributed by atoms with van der Waals surface area (Å²) in [6.45, 7) is 3.21. The maximum Gasteiger partial charge on any atom is 0.308 e. The Morgan fingerprint density at radius 3 is 2.56 bits per heavy atom. The van der Waals surface area contributed by atoms with Crippen LogP contribution in [0, 0.1) is 5.92 Å². The summed E-state index contributed by atoms with van der Waals surface area (Å²) >= 11 is 1.46. The van der Waals surface area contributed by atoms with E-state index in [-0.39, 0.29) is 29.7 Å². The van der Waals surface area contributed by atoms with E-state index < -0.39 is 0 Å². The van der Waals surface area contributed by atoms with E-state index in [1.54, 1.807) is 4.90 Å². The SMILES string of the molecule is COC(=O)C1CCN(C(=O)CSC(C)CO)CC1. The number of carbonyl (C=O) groups is 2. The second-order valence-corrected chi connectivity index (χ2v) is 5.91. The van der Waals surface area contributed by atoms with Gasteiger partial charge in [0.05, 0.1) is 25.4 Å². The molecule has 1 atom stereocenters. The van der Waals surface area contributed by atoms with Gasteiger partial charge in [0.15, 0.2) is 0 Å². The van der Waals surface area contributed by atoms with Gasteiger partial charge in [0.1, 0.15) is 0 Å². The molecule has 1 fully saturated rings. The first-order valence-electron chi connectivity index (χ1n) is 6.16. The summed E-state index contributed by atoms with van der Waals surface area (Å²) in [5.74, 6) is 0.238. The highest BCUT2D eigenvalue weighted by molar-refractivity contribution is 8.00. The van der Waals surface area contributed by atoms with Crippen LogP contribution in [-0.2, 0) is 14.3 Å². The maximum absolute atomic E-state index is 11.9. The molecule has 1 saturated heterocycles. The molecule has 1 unspecified atom stereocenters. The molecule has 0 aromatic carbocycles. The van der Waals surface area contributed by atoms with Crippen molar-refractivity contribution < 1.29 is 19.4 Å². The van der Waals surface area contributed by atoms with Crippen molar-refractivity contribution in [2.45, 2.75) is 25.0 Å². The molecular weight excluding hydrogens is 254 g/mol. The molecule has 1 heterocycles. The highest BCUT2D eigenvalue weighted by Crippen LogP contribution is 2.19. The Labute approximate surface area is 112 Å². The van der Waals surface area contributed by atoms with Crippen molar-refractivity contribution in [1.29, 1.82) is 0 Å². The lowest BCUT2D eigenvalue weighted by molar-refractivity contribution is -0.148. The van der Waals surface area contributed by atoms with Crippen molar-refractivity contribution in [1.82, 2.24) is 4.90 Å². The van der Waals surface area contributed by atoms with Crippen LogP contribution in [0.2, 0.25) is 0 Å². The zero-order valence-corrected chi connectivity index (χ0v) is 11.7. The lowest BCUT2D eigenvalue weighted by atomic mass is 9.97. The Hall–Kier alpha value is -0.750. The Morgan fingerprint density at radius 2 is 2.06 bits per heavy atom. The zero-order chi connectivity index (χ0) is 13.5. The summed E-state index contributed by atoms with van der Waals surface area (Å²) in [6, 6.07) is 0. The number of thioether (sulfide) groups is 1. The highest BCUT2D eigenvalue weighted by atomic mass is 32.2. The van der Waals surface area contributed by atoms with Crippen molar-refractivity contribution in [3.8, 4) is 0 Å². The summed E-state index contributed by atoms with van der Waals surface area (Å²) in [5, 5.41) is 8.97. The van der Waals surface area contributed by atoms with Gasteiger partial charge in [0.2, 0.25) is 5.91 Å². The molecule has 5 nitrogen and oxygen atoms in total. The number of esters is 1. The number of hydrogen-bond acceptors (Lipinski definition) is 5. The smallest absolute Gasteiger partial charge is 0.308 e. The second kappa shape index (κ2) is 7.63. The molecule has 0 spiro atoms. The molecule has 6 heteroatoms. The topological polar surface area (TPSA) is 66.8 Å². The zero-order valence-electron chi connectivity index (χ0n) is 10.9. The minimum absolute atomic E-state index is 0.0666. The predicted octanol–water partition coefficient (Wildman–Crippen LogP) is 0.512. The quantitative estimate of drug-likeness (QED) is 0.741. The van der Waals surface area contributed by atoms with Crippen LogP contribution >= 0.6 is 11.8 Å². The van der Waals surface area contributed by atoms with Gasteiger partial charge in [0, 0.05) is 18.3 Å². The van der Waals surface area contributed by atoms with Gasteiger partial charge < -0.3 is 14.7 Å². The first-order chi connectivity index (χ1) is 8.58. The molecule has 1 N–H and O–H groups in total. The van der Waals surface area contributed by atoms with Crippen LogP contribution < -0.4 is 0 Å². The summed E-state index contributed by atoms with van der Waals surface area (Å²) in [6.07, 6.45) is 1.36. The van der Waals surface area contributed by atoms with E-state index >= 15 is 0 Å². The summed E-state index contributed by atoms with van der Waals surface area (Å²) in [4.78, 5) is 25.0. The van der Waals surface area contributed by atoms with Gasteiger partial charge in [-0.1, -0.05) is 6.92 Å². The van der Waals surface area contributed by atoms with Crippen LogP contribution in [0.4, 0.5) is 0 Å². The molecule has 0 aromatic heterocycles.